The third kappa shape index (κ3) is 6.14. The molecule has 0 spiro atoms. The van der Waals surface area contributed by atoms with Gasteiger partial charge in [-0.05, 0) is 56.7 Å². The standard InChI is InChI=1S/C30H24Cl3N3O6S/c1-4-40-28(38)22-15(3)34-30-36(25(22)16-9-11-17(31)12-10-16)27(37)21(43-30)14-20-24(33)23(29(39)41-5-2)26(42-20)35-19-8-6-7-18(32)13-19/h6-14,25,35H,4-5H2,1-3H3/b21-14-/t25-/m0/s1. The third-order valence-corrected chi connectivity index (χ3v) is 8.25. The summed E-state index contributed by atoms with van der Waals surface area (Å²) < 4.78 is 18.1. The molecule has 1 N–H and O–H groups in total. The van der Waals surface area contributed by atoms with E-state index < -0.39 is 23.5 Å². The molecule has 13 heteroatoms. The second kappa shape index (κ2) is 12.8. The van der Waals surface area contributed by atoms with Crippen molar-refractivity contribution in [3.63, 3.8) is 0 Å². The molecule has 3 heterocycles. The number of rotatable bonds is 8. The van der Waals surface area contributed by atoms with Crippen LogP contribution in [0, 0.1) is 0 Å². The van der Waals surface area contributed by atoms with Crippen LogP contribution in [0.1, 0.15) is 48.5 Å². The molecular formula is C30H24Cl3N3O6S. The van der Waals surface area contributed by atoms with Crippen LogP contribution in [0.2, 0.25) is 15.1 Å². The quantitative estimate of drug-likeness (QED) is 0.222. The van der Waals surface area contributed by atoms with Crippen LogP contribution in [0.4, 0.5) is 11.6 Å². The minimum atomic E-state index is -0.822. The van der Waals surface area contributed by atoms with E-state index in [1.54, 1.807) is 69.3 Å². The maximum atomic E-state index is 13.9. The Morgan fingerprint density at radius 3 is 2.42 bits per heavy atom. The topological polar surface area (TPSA) is 112 Å². The molecule has 0 unspecified atom stereocenters. The first-order chi connectivity index (χ1) is 20.6. The molecule has 0 saturated heterocycles. The van der Waals surface area contributed by atoms with E-state index in [0.717, 1.165) is 11.3 Å². The number of aromatic nitrogens is 1. The Morgan fingerprint density at radius 1 is 1.05 bits per heavy atom. The molecule has 0 aliphatic carbocycles. The fourth-order valence-corrected chi connectivity index (χ4v) is 6.15. The van der Waals surface area contributed by atoms with Crippen molar-refractivity contribution in [2.45, 2.75) is 26.8 Å². The van der Waals surface area contributed by atoms with E-state index in [0.29, 0.717) is 31.8 Å². The van der Waals surface area contributed by atoms with Gasteiger partial charge in [0.05, 0.1) is 35.1 Å². The van der Waals surface area contributed by atoms with Gasteiger partial charge in [-0.15, -0.1) is 0 Å². The maximum absolute atomic E-state index is 13.9. The predicted molar refractivity (Wildman–Crippen MR) is 166 cm³/mol. The monoisotopic (exact) mass is 659 g/mol. The second-order valence-electron chi connectivity index (χ2n) is 9.19. The molecule has 9 nitrogen and oxygen atoms in total. The van der Waals surface area contributed by atoms with Crippen LogP contribution in [0.3, 0.4) is 0 Å². The highest BCUT2D eigenvalue weighted by Gasteiger charge is 2.33. The normalized spacial score (nSPS) is 14.7. The summed E-state index contributed by atoms with van der Waals surface area (Å²) in [5.74, 6) is -1.23. The van der Waals surface area contributed by atoms with Crippen molar-refractivity contribution >= 4 is 75.7 Å². The average Bonchev–Trinajstić information content (AvgIpc) is 3.43. The lowest BCUT2D eigenvalue weighted by atomic mass is 9.96. The molecule has 0 amide bonds. The van der Waals surface area contributed by atoms with E-state index in [2.05, 4.69) is 10.3 Å². The van der Waals surface area contributed by atoms with Gasteiger partial charge < -0.3 is 19.2 Å². The Hall–Kier alpha value is -3.83. The summed E-state index contributed by atoms with van der Waals surface area (Å²) in [6.07, 6.45) is 1.43. The van der Waals surface area contributed by atoms with Crippen LogP contribution in [0.5, 0.6) is 0 Å². The zero-order valence-corrected chi connectivity index (χ0v) is 26.2. The van der Waals surface area contributed by atoms with Crippen molar-refractivity contribution in [1.29, 1.82) is 0 Å². The van der Waals surface area contributed by atoms with Gasteiger partial charge >= 0.3 is 11.9 Å². The van der Waals surface area contributed by atoms with Gasteiger partial charge in [-0.25, -0.2) is 14.6 Å². The van der Waals surface area contributed by atoms with Crippen molar-refractivity contribution in [2.75, 3.05) is 18.5 Å². The van der Waals surface area contributed by atoms with Crippen molar-refractivity contribution < 1.29 is 23.5 Å². The van der Waals surface area contributed by atoms with Crippen LogP contribution in [-0.4, -0.2) is 29.7 Å². The molecule has 2 aromatic carbocycles. The minimum Gasteiger partial charge on any atom is -0.463 e. The Labute approximate surface area is 264 Å². The maximum Gasteiger partial charge on any atom is 0.345 e. The highest BCUT2D eigenvalue weighted by Crippen LogP contribution is 2.36. The number of carbonyl (C=O) groups excluding carboxylic acids is 2. The SMILES string of the molecule is CCOC(=O)C1=C(C)N=c2s/c(=C\c3oc(Nc4cccc(Cl)c4)c(C(=O)OCC)c3Cl)c(=O)n2[C@H]1c1ccc(Cl)cc1. The summed E-state index contributed by atoms with van der Waals surface area (Å²) in [6.45, 7) is 5.32. The Bertz CT molecular complexity index is 1940. The molecule has 5 rings (SSSR count). The van der Waals surface area contributed by atoms with E-state index in [9.17, 15) is 14.4 Å². The molecule has 1 aliphatic heterocycles. The summed E-state index contributed by atoms with van der Waals surface area (Å²) >= 11 is 20.0. The summed E-state index contributed by atoms with van der Waals surface area (Å²) in [6, 6.07) is 12.8. The summed E-state index contributed by atoms with van der Waals surface area (Å²) in [7, 11) is 0. The van der Waals surface area contributed by atoms with E-state index >= 15 is 0 Å². The van der Waals surface area contributed by atoms with Gasteiger partial charge in [0.2, 0.25) is 5.88 Å². The van der Waals surface area contributed by atoms with Crippen LogP contribution < -0.4 is 20.2 Å². The lowest BCUT2D eigenvalue weighted by Gasteiger charge is -2.24. The molecule has 0 saturated carbocycles. The van der Waals surface area contributed by atoms with Gasteiger partial charge in [0.15, 0.2) is 10.6 Å². The number of nitrogens with zero attached hydrogens (tertiary/aromatic N) is 2. The fraction of sp³-hybridized carbons (Fsp3) is 0.200. The molecule has 0 fully saturated rings. The molecule has 4 aromatic rings. The smallest absolute Gasteiger partial charge is 0.345 e. The number of fused-ring (bicyclic) bond motifs is 1. The minimum absolute atomic E-state index is 0.0178. The van der Waals surface area contributed by atoms with Crippen molar-refractivity contribution in [3.05, 3.63) is 111 Å². The highest BCUT2D eigenvalue weighted by atomic mass is 35.5. The molecule has 0 bridgehead atoms. The zero-order chi connectivity index (χ0) is 30.8. The Balaban J connectivity index is 1.67. The van der Waals surface area contributed by atoms with E-state index in [-0.39, 0.29) is 45.5 Å². The number of thiazole rings is 1. The van der Waals surface area contributed by atoms with E-state index in [4.69, 9.17) is 48.7 Å². The number of hydrogen-bond acceptors (Lipinski definition) is 9. The number of esters is 2. The molecule has 1 atom stereocenters. The lowest BCUT2D eigenvalue weighted by Crippen LogP contribution is -2.39. The predicted octanol–water partition coefficient (Wildman–Crippen LogP) is 6.27. The van der Waals surface area contributed by atoms with Gasteiger partial charge in [-0.3, -0.25) is 9.36 Å². The summed E-state index contributed by atoms with van der Waals surface area (Å²) in [4.78, 5) is 44.8. The van der Waals surface area contributed by atoms with Crippen molar-refractivity contribution in [1.82, 2.24) is 4.57 Å². The number of carbonyl (C=O) groups is 2. The largest absolute Gasteiger partial charge is 0.463 e. The van der Waals surface area contributed by atoms with Crippen molar-refractivity contribution in [2.24, 2.45) is 4.99 Å². The number of halogens is 3. The summed E-state index contributed by atoms with van der Waals surface area (Å²) in [5.41, 5.74) is 1.34. The van der Waals surface area contributed by atoms with E-state index in [1.807, 2.05) is 0 Å². The van der Waals surface area contributed by atoms with Gasteiger partial charge in [-0.1, -0.05) is 64.3 Å². The van der Waals surface area contributed by atoms with Crippen LogP contribution in [0.25, 0.3) is 6.08 Å². The Kier molecular flexibility index (Phi) is 9.12. The van der Waals surface area contributed by atoms with E-state index in [1.165, 1.54) is 10.6 Å². The first-order valence-electron chi connectivity index (χ1n) is 13.1. The van der Waals surface area contributed by atoms with Crippen LogP contribution in [-0.2, 0) is 14.3 Å². The molecule has 2 aromatic heterocycles. The number of furan rings is 1. The van der Waals surface area contributed by atoms with Crippen molar-refractivity contribution in [3.8, 4) is 0 Å². The van der Waals surface area contributed by atoms with Gasteiger partial charge in [-0.2, -0.15) is 0 Å². The number of ether oxygens (including phenoxy) is 2. The number of allylic oxidation sites excluding steroid dienone is 1. The number of anilines is 2. The summed E-state index contributed by atoms with van der Waals surface area (Å²) in [5, 5.41) is 3.93. The van der Waals surface area contributed by atoms with Crippen LogP contribution in [0.15, 0.2) is 74.0 Å². The lowest BCUT2D eigenvalue weighted by molar-refractivity contribution is -0.139. The number of hydrogen-bond donors (Lipinski definition) is 1. The first kappa shape index (κ1) is 30.6. The van der Waals surface area contributed by atoms with Crippen LogP contribution >= 0.6 is 46.1 Å². The first-order valence-corrected chi connectivity index (χ1v) is 15.0. The molecular weight excluding hydrogens is 637 g/mol. The molecule has 0 radical (unpaired) electrons. The Morgan fingerprint density at radius 2 is 1.74 bits per heavy atom. The number of nitrogens with one attached hydrogen (secondary N) is 1. The van der Waals surface area contributed by atoms with Gasteiger partial charge in [0.25, 0.3) is 5.56 Å². The third-order valence-electron chi connectivity index (χ3n) is 6.40. The average molecular weight is 661 g/mol. The van der Waals surface area contributed by atoms with Gasteiger partial charge in [0.1, 0.15) is 10.6 Å². The number of benzene rings is 2. The van der Waals surface area contributed by atoms with Gasteiger partial charge in [0, 0.05) is 21.8 Å². The molecule has 43 heavy (non-hydrogen) atoms. The second-order valence-corrected chi connectivity index (χ2v) is 11.5. The molecule has 222 valence electrons. The zero-order valence-electron chi connectivity index (χ0n) is 23.1. The highest BCUT2D eigenvalue weighted by molar-refractivity contribution is 7.07. The molecule has 1 aliphatic rings. The fourth-order valence-electron chi connectivity index (χ4n) is 4.56.